The van der Waals surface area contributed by atoms with Crippen molar-refractivity contribution in [3.8, 4) is 5.75 Å². The zero-order chi connectivity index (χ0) is 9.42. The van der Waals surface area contributed by atoms with Gasteiger partial charge in [0.15, 0.2) is 0 Å². The molecule has 1 unspecified atom stereocenters. The van der Waals surface area contributed by atoms with Gasteiger partial charge < -0.3 is 4.74 Å². The molecule has 1 aromatic rings. The first-order chi connectivity index (χ1) is 6.20. The van der Waals surface area contributed by atoms with Gasteiger partial charge in [-0.25, -0.2) is 4.79 Å². The number of rotatable bonds is 0. The summed E-state index contributed by atoms with van der Waals surface area (Å²) in [6, 6.07) is 7.24. The molecule has 68 valence electrons. The van der Waals surface area contributed by atoms with Crippen molar-refractivity contribution < 1.29 is 9.53 Å². The Morgan fingerprint density at radius 1 is 1.46 bits per heavy atom. The predicted octanol–water partition coefficient (Wildman–Crippen LogP) is 2.37. The average Bonchev–Trinajstić information content (AvgIpc) is 2.15. The molecule has 1 atom stereocenters. The van der Waals surface area contributed by atoms with E-state index in [1.807, 2.05) is 12.1 Å². The zero-order valence-corrected chi connectivity index (χ0v) is 7.78. The smallest absolute Gasteiger partial charge is 0.410 e. The molecular formula is C9H8ClNO2. The molecule has 0 aromatic heterocycles. The molecule has 2 rings (SSSR count). The molecule has 0 saturated heterocycles. The number of carbonyl (C=O) groups is 1. The summed E-state index contributed by atoms with van der Waals surface area (Å²) in [4.78, 5) is 12.5. The van der Waals surface area contributed by atoms with E-state index in [-0.39, 0.29) is 0 Å². The van der Waals surface area contributed by atoms with Crippen molar-refractivity contribution in [2.75, 3.05) is 7.05 Å². The third-order valence-corrected chi connectivity index (χ3v) is 2.53. The molecule has 1 amide bonds. The van der Waals surface area contributed by atoms with Gasteiger partial charge in [-0.2, -0.15) is 0 Å². The minimum Gasteiger partial charge on any atom is -0.410 e. The maximum atomic E-state index is 11.2. The highest BCUT2D eigenvalue weighted by Crippen LogP contribution is 2.35. The number of ether oxygens (including phenoxy) is 1. The lowest BCUT2D eigenvalue weighted by atomic mass is 10.1. The van der Waals surface area contributed by atoms with E-state index in [9.17, 15) is 4.79 Å². The summed E-state index contributed by atoms with van der Waals surface area (Å²) < 4.78 is 5.02. The second kappa shape index (κ2) is 2.92. The number of para-hydroxylation sites is 1. The maximum Gasteiger partial charge on any atom is 0.416 e. The highest BCUT2D eigenvalue weighted by atomic mass is 35.5. The van der Waals surface area contributed by atoms with E-state index in [1.54, 1.807) is 19.2 Å². The molecule has 0 N–H and O–H groups in total. The number of hydrogen-bond acceptors (Lipinski definition) is 2. The third-order valence-electron chi connectivity index (χ3n) is 2.00. The lowest BCUT2D eigenvalue weighted by Crippen LogP contribution is -2.35. The van der Waals surface area contributed by atoms with Crippen LogP contribution in [0.3, 0.4) is 0 Å². The van der Waals surface area contributed by atoms with Crippen molar-refractivity contribution in [3.63, 3.8) is 0 Å². The van der Waals surface area contributed by atoms with E-state index in [0.717, 1.165) is 5.56 Å². The summed E-state index contributed by atoms with van der Waals surface area (Å²) in [6.07, 6.45) is -0.418. The lowest BCUT2D eigenvalue weighted by molar-refractivity contribution is 0.147. The van der Waals surface area contributed by atoms with Crippen LogP contribution >= 0.6 is 11.6 Å². The van der Waals surface area contributed by atoms with Gasteiger partial charge in [-0.1, -0.05) is 29.8 Å². The van der Waals surface area contributed by atoms with E-state index >= 15 is 0 Å². The van der Waals surface area contributed by atoms with Crippen LogP contribution in [0.1, 0.15) is 11.1 Å². The number of alkyl halides is 1. The Morgan fingerprint density at radius 2 is 2.15 bits per heavy atom. The largest absolute Gasteiger partial charge is 0.416 e. The fraction of sp³-hybridized carbons (Fsp3) is 0.222. The van der Waals surface area contributed by atoms with Crippen LogP contribution in [-0.2, 0) is 0 Å². The Balaban J connectivity index is 2.49. The van der Waals surface area contributed by atoms with Crippen molar-refractivity contribution in [3.05, 3.63) is 29.8 Å². The first-order valence-electron chi connectivity index (χ1n) is 3.88. The van der Waals surface area contributed by atoms with Gasteiger partial charge in [0.05, 0.1) is 0 Å². The summed E-state index contributed by atoms with van der Waals surface area (Å²) in [5.74, 6) is 0.547. The number of hydrogen-bond donors (Lipinski definition) is 0. The Hall–Kier alpha value is -1.22. The van der Waals surface area contributed by atoms with E-state index in [1.165, 1.54) is 4.90 Å². The molecule has 1 heterocycles. The van der Waals surface area contributed by atoms with Crippen molar-refractivity contribution in [2.24, 2.45) is 0 Å². The third kappa shape index (κ3) is 1.25. The van der Waals surface area contributed by atoms with Crippen LogP contribution in [0.25, 0.3) is 0 Å². The summed E-state index contributed by atoms with van der Waals surface area (Å²) in [5, 5.41) is 0. The van der Waals surface area contributed by atoms with E-state index in [4.69, 9.17) is 16.3 Å². The number of carbonyl (C=O) groups excluding carboxylic acids is 1. The monoisotopic (exact) mass is 197 g/mol. The number of benzene rings is 1. The van der Waals surface area contributed by atoms with Gasteiger partial charge in [-0.3, -0.25) is 4.90 Å². The van der Waals surface area contributed by atoms with Gasteiger partial charge in [0.2, 0.25) is 0 Å². The summed E-state index contributed by atoms with van der Waals surface area (Å²) in [6.45, 7) is 0. The summed E-state index contributed by atoms with van der Waals surface area (Å²) in [7, 11) is 1.61. The van der Waals surface area contributed by atoms with Crippen molar-refractivity contribution in [1.29, 1.82) is 0 Å². The highest BCUT2D eigenvalue weighted by molar-refractivity contribution is 6.21. The summed E-state index contributed by atoms with van der Waals surface area (Å²) >= 11 is 6.02. The normalized spacial score (nSPS) is 20.9. The molecule has 1 aliphatic rings. The number of fused-ring (bicyclic) bond motifs is 1. The van der Waals surface area contributed by atoms with E-state index < -0.39 is 11.6 Å². The first kappa shape index (κ1) is 8.38. The van der Waals surface area contributed by atoms with Crippen LogP contribution in [0, 0.1) is 0 Å². The van der Waals surface area contributed by atoms with Crippen LogP contribution in [0.2, 0.25) is 0 Å². The highest BCUT2D eigenvalue weighted by Gasteiger charge is 2.29. The Morgan fingerprint density at radius 3 is 2.92 bits per heavy atom. The molecule has 0 radical (unpaired) electrons. The molecule has 0 aliphatic carbocycles. The molecule has 1 aromatic carbocycles. The number of halogens is 1. The first-order valence-corrected chi connectivity index (χ1v) is 4.31. The van der Waals surface area contributed by atoms with Crippen LogP contribution in [0.4, 0.5) is 4.79 Å². The fourth-order valence-corrected chi connectivity index (χ4v) is 1.50. The molecular weight excluding hydrogens is 190 g/mol. The van der Waals surface area contributed by atoms with Crippen LogP contribution < -0.4 is 4.74 Å². The van der Waals surface area contributed by atoms with Gasteiger partial charge >= 0.3 is 6.09 Å². The lowest BCUT2D eigenvalue weighted by Gasteiger charge is -2.28. The Labute approximate surface area is 80.9 Å². The molecule has 4 heteroatoms. The average molecular weight is 198 g/mol. The van der Waals surface area contributed by atoms with Crippen molar-refractivity contribution in [1.82, 2.24) is 4.90 Å². The standard InChI is InChI=1S/C9H8ClNO2/c1-11-8(10)6-4-2-3-5-7(6)13-9(11)12/h2-5,8H,1H3. The molecule has 0 spiro atoms. The molecule has 0 fully saturated rings. The van der Waals surface area contributed by atoms with E-state index in [2.05, 4.69) is 0 Å². The second-order valence-corrected chi connectivity index (χ2v) is 3.27. The van der Waals surface area contributed by atoms with Gasteiger partial charge in [0.1, 0.15) is 11.3 Å². The molecule has 1 aliphatic heterocycles. The Kier molecular flexibility index (Phi) is 1.88. The minimum atomic E-state index is -0.433. The van der Waals surface area contributed by atoms with Crippen LogP contribution in [0.15, 0.2) is 24.3 Å². The summed E-state index contributed by atoms with van der Waals surface area (Å²) in [5.41, 5.74) is 0.392. The molecule has 0 saturated carbocycles. The second-order valence-electron chi connectivity index (χ2n) is 2.85. The number of amides is 1. The van der Waals surface area contributed by atoms with Gasteiger partial charge in [-0.15, -0.1) is 0 Å². The van der Waals surface area contributed by atoms with Gasteiger partial charge in [0.25, 0.3) is 0 Å². The van der Waals surface area contributed by atoms with E-state index in [0.29, 0.717) is 5.75 Å². The van der Waals surface area contributed by atoms with Crippen molar-refractivity contribution in [2.45, 2.75) is 5.50 Å². The predicted molar refractivity (Wildman–Crippen MR) is 48.8 cm³/mol. The topological polar surface area (TPSA) is 29.5 Å². The minimum absolute atomic E-state index is 0.418. The van der Waals surface area contributed by atoms with Crippen LogP contribution in [0.5, 0.6) is 5.75 Å². The van der Waals surface area contributed by atoms with Gasteiger partial charge in [0, 0.05) is 12.6 Å². The zero-order valence-electron chi connectivity index (χ0n) is 7.03. The molecule has 3 nitrogen and oxygen atoms in total. The van der Waals surface area contributed by atoms with Crippen LogP contribution in [-0.4, -0.2) is 18.0 Å². The molecule has 0 bridgehead atoms. The van der Waals surface area contributed by atoms with Gasteiger partial charge in [-0.05, 0) is 6.07 Å². The Bertz CT molecular complexity index is 353. The number of nitrogens with zero attached hydrogens (tertiary/aromatic N) is 1. The van der Waals surface area contributed by atoms with Crippen molar-refractivity contribution >= 4 is 17.7 Å². The molecule has 13 heavy (non-hydrogen) atoms. The maximum absolute atomic E-state index is 11.2. The fourth-order valence-electron chi connectivity index (χ4n) is 1.24. The SMILES string of the molecule is CN1C(=O)Oc2ccccc2C1Cl. The quantitative estimate of drug-likeness (QED) is 0.472.